The maximum absolute atomic E-state index is 11.2. The van der Waals surface area contributed by atoms with Gasteiger partial charge < -0.3 is 14.7 Å². The van der Waals surface area contributed by atoms with Crippen LogP contribution in [-0.2, 0) is 4.74 Å². The van der Waals surface area contributed by atoms with E-state index in [-0.39, 0.29) is 12.1 Å². The Hall–Kier alpha value is -1.55. The molecule has 1 N–H and O–H groups in total. The molecule has 0 amide bonds. The second kappa shape index (κ2) is 4.53. The van der Waals surface area contributed by atoms with Gasteiger partial charge in [0.1, 0.15) is 0 Å². The minimum absolute atomic E-state index is 0.236. The summed E-state index contributed by atoms with van der Waals surface area (Å²) >= 11 is 0. The number of anilines is 1. The molecule has 4 heteroatoms. The van der Waals surface area contributed by atoms with Crippen molar-refractivity contribution in [2.24, 2.45) is 0 Å². The highest BCUT2D eigenvalue weighted by Gasteiger charge is 2.20. The van der Waals surface area contributed by atoms with Crippen LogP contribution in [0.3, 0.4) is 0 Å². The van der Waals surface area contributed by atoms with Crippen molar-refractivity contribution in [1.82, 2.24) is 0 Å². The van der Waals surface area contributed by atoms with Crippen molar-refractivity contribution in [3.05, 3.63) is 29.8 Å². The number of benzene rings is 1. The summed E-state index contributed by atoms with van der Waals surface area (Å²) in [5.74, 6) is -0.326. The van der Waals surface area contributed by atoms with E-state index in [2.05, 4.69) is 9.64 Å². The van der Waals surface area contributed by atoms with Gasteiger partial charge in [0.2, 0.25) is 0 Å². The van der Waals surface area contributed by atoms with Crippen molar-refractivity contribution in [3.63, 3.8) is 0 Å². The predicted molar refractivity (Wildman–Crippen MR) is 60.6 cm³/mol. The van der Waals surface area contributed by atoms with Crippen LogP contribution in [-0.4, -0.2) is 37.4 Å². The Labute approximate surface area is 94.4 Å². The minimum atomic E-state index is -0.326. The Morgan fingerprint density at radius 1 is 1.44 bits per heavy atom. The van der Waals surface area contributed by atoms with Crippen LogP contribution in [0.15, 0.2) is 24.3 Å². The van der Waals surface area contributed by atoms with E-state index in [1.807, 2.05) is 12.1 Å². The van der Waals surface area contributed by atoms with Gasteiger partial charge in [0.15, 0.2) is 0 Å². The lowest BCUT2D eigenvalue weighted by Gasteiger charge is -2.17. The molecule has 86 valence electrons. The van der Waals surface area contributed by atoms with Crippen LogP contribution in [0.1, 0.15) is 16.8 Å². The Balaban J connectivity index is 2.10. The first-order chi connectivity index (χ1) is 7.70. The lowest BCUT2D eigenvalue weighted by molar-refractivity contribution is 0.0600. The molecule has 0 radical (unpaired) electrons. The lowest BCUT2D eigenvalue weighted by Crippen LogP contribution is -2.21. The third-order valence-electron chi connectivity index (χ3n) is 2.82. The van der Waals surface area contributed by atoms with Gasteiger partial charge in [0, 0.05) is 18.8 Å². The van der Waals surface area contributed by atoms with Gasteiger partial charge in [0.05, 0.1) is 18.8 Å². The molecule has 1 aliphatic rings. The minimum Gasteiger partial charge on any atom is -0.465 e. The summed E-state index contributed by atoms with van der Waals surface area (Å²) < 4.78 is 4.63. The molecule has 16 heavy (non-hydrogen) atoms. The first kappa shape index (κ1) is 11.0. The summed E-state index contributed by atoms with van der Waals surface area (Å²) in [7, 11) is 1.37. The summed E-state index contributed by atoms with van der Waals surface area (Å²) in [4.78, 5) is 13.3. The number of hydrogen-bond acceptors (Lipinski definition) is 4. The molecule has 0 saturated carbocycles. The Kier molecular flexibility index (Phi) is 3.10. The highest BCUT2D eigenvalue weighted by molar-refractivity contribution is 5.89. The second-order valence-electron chi connectivity index (χ2n) is 3.93. The maximum Gasteiger partial charge on any atom is 0.337 e. The fraction of sp³-hybridized carbons (Fsp3) is 0.417. The van der Waals surface area contributed by atoms with Crippen LogP contribution < -0.4 is 4.90 Å². The van der Waals surface area contributed by atoms with Gasteiger partial charge in [-0.05, 0) is 30.7 Å². The second-order valence-corrected chi connectivity index (χ2v) is 3.93. The molecule has 0 bridgehead atoms. The third kappa shape index (κ3) is 2.17. The van der Waals surface area contributed by atoms with Gasteiger partial charge in [-0.25, -0.2) is 4.79 Å². The molecule has 1 aromatic rings. The molecule has 1 atom stereocenters. The maximum atomic E-state index is 11.2. The lowest BCUT2D eigenvalue weighted by atomic mass is 10.2. The number of β-amino-alcohol motifs (C(OH)–C–C–N with tert-alkyl or cyclic N) is 1. The van der Waals surface area contributed by atoms with Crippen molar-refractivity contribution in [3.8, 4) is 0 Å². The molecule has 1 saturated heterocycles. The molecular weight excluding hydrogens is 206 g/mol. The molecule has 0 unspecified atom stereocenters. The van der Waals surface area contributed by atoms with Gasteiger partial charge in [-0.15, -0.1) is 0 Å². The molecule has 0 spiro atoms. The molecule has 1 aromatic carbocycles. The molecule has 1 aliphatic heterocycles. The van der Waals surface area contributed by atoms with Crippen molar-refractivity contribution < 1.29 is 14.6 Å². The summed E-state index contributed by atoms with van der Waals surface area (Å²) in [6.07, 6.45) is 0.568. The van der Waals surface area contributed by atoms with Gasteiger partial charge in [-0.2, -0.15) is 0 Å². The summed E-state index contributed by atoms with van der Waals surface area (Å²) in [5, 5.41) is 9.43. The summed E-state index contributed by atoms with van der Waals surface area (Å²) in [6, 6.07) is 7.24. The molecule has 0 aromatic heterocycles. The zero-order chi connectivity index (χ0) is 11.5. The van der Waals surface area contributed by atoms with Crippen LogP contribution in [0.5, 0.6) is 0 Å². The zero-order valence-corrected chi connectivity index (χ0v) is 9.22. The van der Waals surface area contributed by atoms with E-state index in [0.717, 1.165) is 18.7 Å². The number of carbonyl (C=O) groups is 1. The number of esters is 1. The van der Waals surface area contributed by atoms with Gasteiger partial charge in [0.25, 0.3) is 0 Å². The number of aliphatic hydroxyl groups excluding tert-OH is 1. The Morgan fingerprint density at radius 2 is 2.12 bits per heavy atom. The average Bonchev–Trinajstić information content (AvgIpc) is 2.75. The van der Waals surface area contributed by atoms with Gasteiger partial charge >= 0.3 is 5.97 Å². The van der Waals surface area contributed by atoms with E-state index in [4.69, 9.17) is 0 Å². The van der Waals surface area contributed by atoms with Crippen LogP contribution in [0, 0.1) is 0 Å². The molecule has 4 nitrogen and oxygen atoms in total. The summed E-state index contributed by atoms with van der Waals surface area (Å²) in [5.41, 5.74) is 1.58. The molecule has 1 fully saturated rings. The molecule has 0 aliphatic carbocycles. The fourth-order valence-electron chi connectivity index (χ4n) is 1.90. The van der Waals surface area contributed by atoms with E-state index in [9.17, 15) is 9.90 Å². The van der Waals surface area contributed by atoms with E-state index in [0.29, 0.717) is 12.1 Å². The molecule has 2 rings (SSSR count). The third-order valence-corrected chi connectivity index (χ3v) is 2.82. The topological polar surface area (TPSA) is 49.8 Å². The van der Waals surface area contributed by atoms with E-state index in [1.165, 1.54) is 7.11 Å². The SMILES string of the molecule is COC(=O)c1ccc(N2CC[C@H](O)C2)cc1. The number of carbonyl (C=O) groups excluding carboxylic acids is 1. The standard InChI is InChI=1S/C12H15NO3/c1-16-12(15)9-2-4-10(5-3-9)13-7-6-11(14)8-13/h2-5,11,14H,6-8H2,1H3/t11-/m0/s1. The highest BCUT2D eigenvalue weighted by Crippen LogP contribution is 2.20. The van der Waals surface area contributed by atoms with Crippen LogP contribution >= 0.6 is 0 Å². The van der Waals surface area contributed by atoms with Crippen LogP contribution in [0.2, 0.25) is 0 Å². The Bertz CT molecular complexity index is 374. The first-order valence-electron chi connectivity index (χ1n) is 5.32. The number of methoxy groups -OCH3 is 1. The summed E-state index contributed by atoms with van der Waals surface area (Å²) in [6.45, 7) is 1.52. The van der Waals surface area contributed by atoms with E-state index < -0.39 is 0 Å². The van der Waals surface area contributed by atoms with Crippen molar-refractivity contribution >= 4 is 11.7 Å². The smallest absolute Gasteiger partial charge is 0.337 e. The van der Waals surface area contributed by atoms with Crippen LogP contribution in [0.4, 0.5) is 5.69 Å². The first-order valence-corrected chi connectivity index (χ1v) is 5.32. The average molecular weight is 221 g/mol. The van der Waals surface area contributed by atoms with E-state index >= 15 is 0 Å². The number of aliphatic hydroxyl groups is 1. The van der Waals surface area contributed by atoms with E-state index in [1.54, 1.807) is 12.1 Å². The number of ether oxygens (including phenoxy) is 1. The normalized spacial score (nSPS) is 19.9. The Morgan fingerprint density at radius 3 is 2.62 bits per heavy atom. The number of hydrogen-bond donors (Lipinski definition) is 1. The van der Waals surface area contributed by atoms with Gasteiger partial charge in [-0.3, -0.25) is 0 Å². The van der Waals surface area contributed by atoms with Crippen molar-refractivity contribution in [2.75, 3.05) is 25.1 Å². The largest absolute Gasteiger partial charge is 0.465 e. The number of rotatable bonds is 2. The van der Waals surface area contributed by atoms with Crippen LogP contribution in [0.25, 0.3) is 0 Å². The fourth-order valence-corrected chi connectivity index (χ4v) is 1.90. The highest BCUT2D eigenvalue weighted by atomic mass is 16.5. The molecule has 1 heterocycles. The predicted octanol–water partition coefficient (Wildman–Crippen LogP) is 1.04. The van der Waals surface area contributed by atoms with Gasteiger partial charge in [-0.1, -0.05) is 0 Å². The number of nitrogens with zero attached hydrogens (tertiary/aromatic N) is 1. The van der Waals surface area contributed by atoms with Crippen molar-refractivity contribution in [1.29, 1.82) is 0 Å². The molecular formula is C12H15NO3. The monoisotopic (exact) mass is 221 g/mol. The van der Waals surface area contributed by atoms with Crippen molar-refractivity contribution in [2.45, 2.75) is 12.5 Å². The quantitative estimate of drug-likeness (QED) is 0.758. The zero-order valence-electron chi connectivity index (χ0n) is 9.22.